The van der Waals surface area contributed by atoms with E-state index in [4.69, 9.17) is 9.84 Å². The van der Waals surface area contributed by atoms with Gasteiger partial charge >= 0.3 is 12.1 Å². The van der Waals surface area contributed by atoms with Crippen LogP contribution in [-0.2, 0) is 27.2 Å². The number of likely N-dealkylation sites (tertiary alicyclic amines) is 1. The van der Waals surface area contributed by atoms with Crippen LogP contribution in [0, 0.1) is 0 Å². The Balaban J connectivity index is 1.21. The highest BCUT2D eigenvalue weighted by atomic mass is 16.5. The van der Waals surface area contributed by atoms with Gasteiger partial charge in [-0.25, -0.2) is 4.79 Å². The Labute approximate surface area is 247 Å². The van der Waals surface area contributed by atoms with Gasteiger partial charge in [-0.1, -0.05) is 79.2 Å². The number of hydrogen-bond donors (Lipinski definition) is 2. The highest BCUT2D eigenvalue weighted by Crippen LogP contribution is 2.44. The van der Waals surface area contributed by atoms with E-state index in [2.05, 4.69) is 41.7 Å². The number of hydrogen-bond acceptors (Lipinski definition) is 4. The number of alkyl carbamates (subject to hydrolysis) is 1. The summed E-state index contributed by atoms with van der Waals surface area (Å²) in [5, 5.41) is 11.7. The van der Waals surface area contributed by atoms with Crippen molar-refractivity contribution in [2.75, 3.05) is 19.7 Å². The van der Waals surface area contributed by atoms with E-state index in [-0.39, 0.29) is 24.9 Å². The normalized spacial score (nSPS) is 15.0. The lowest BCUT2D eigenvalue weighted by Gasteiger charge is -2.30. The average Bonchev–Trinajstić information content (AvgIpc) is 3.34. The molecule has 1 aliphatic carbocycles. The monoisotopic (exact) mass is 568 g/mol. The summed E-state index contributed by atoms with van der Waals surface area (Å²) >= 11 is 0. The van der Waals surface area contributed by atoms with Crippen molar-refractivity contribution in [1.82, 2.24) is 10.2 Å². The first kappa shape index (κ1) is 29.4. The Morgan fingerprint density at radius 1 is 0.810 bits per heavy atom. The van der Waals surface area contributed by atoms with E-state index in [0.29, 0.717) is 25.9 Å². The molecule has 1 fully saturated rings. The second-order valence-electron chi connectivity index (χ2n) is 11.4. The topological polar surface area (TPSA) is 95.9 Å². The zero-order chi connectivity index (χ0) is 29.3. The molecule has 3 aromatic carbocycles. The number of nitrogens with zero attached hydrogens (tertiary/aromatic N) is 1. The molecule has 1 heterocycles. The number of carbonyl (C=O) groups is 3. The van der Waals surface area contributed by atoms with Gasteiger partial charge in [-0.15, -0.1) is 0 Å². The molecule has 0 aromatic heterocycles. The van der Waals surface area contributed by atoms with Crippen molar-refractivity contribution >= 4 is 18.0 Å². The lowest BCUT2D eigenvalue weighted by atomic mass is 9.98. The molecule has 7 nitrogen and oxygen atoms in total. The summed E-state index contributed by atoms with van der Waals surface area (Å²) in [4.78, 5) is 39.3. The summed E-state index contributed by atoms with van der Waals surface area (Å²) in [6.45, 7) is 1.62. The average molecular weight is 569 g/mol. The van der Waals surface area contributed by atoms with Gasteiger partial charge in [0, 0.05) is 31.8 Å². The van der Waals surface area contributed by atoms with Gasteiger partial charge < -0.3 is 20.1 Å². The fraction of sp³-hybridized carbons (Fsp3) is 0.400. The van der Waals surface area contributed by atoms with Crippen molar-refractivity contribution in [1.29, 1.82) is 0 Å². The SMILES string of the molecule is O=C(O)CCCCCc1ccc(CC(NC(=O)OCC2c3ccccc3-c3ccccc32)C(=O)N2CCCCC2)cc1. The predicted molar refractivity (Wildman–Crippen MR) is 162 cm³/mol. The highest BCUT2D eigenvalue weighted by Gasteiger charge is 2.31. The quantitative estimate of drug-likeness (QED) is 0.249. The Morgan fingerprint density at radius 2 is 1.43 bits per heavy atom. The highest BCUT2D eigenvalue weighted by molar-refractivity contribution is 5.86. The largest absolute Gasteiger partial charge is 0.481 e. The van der Waals surface area contributed by atoms with E-state index in [1.54, 1.807) is 0 Å². The molecule has 0 spiro atoms. The molecule has 42 heavy (non-hydrogen) atoms. The van der Waals surface area contributed by atoms with Crippen LogP contribution >= 0.6 is 0 Å². The molecule has 2 N–H and O–H groups in total. The molecular weight excluding hydrogens is 528 g/mol. The number of carbonyl (C=O) groups excluding carboxylic acids is 2. The minimum absolute atomic E-state index is 0.0453. The molecule has 0 saturated carbocycles. The van der Waals surface area contributed by atoms with Crippen LogP contribution in [0.25, 0.3) is 11.1 Å². The zero-order valence-corrected chi connectivity index (χ0v) is 24.1. The van der Waals surface area contributed by atoms with Gasteiger partial charge in [-0.2, -0.15) is 0 Å². The number of fused-ring (bicyclic) bond motifs is 3. The predicted octanol–water partition coefficient (Wildman–Crippen LogP) is 6.34. The fourth-order valence-electron chi connectivity index (χ4n) is 6.18. The third-order valence-electron chi connectivity index (χ3n) is 8.42. The zero-order valence-electron chi connectivity index (χ0n) is 24.1. The Bertz CT molecular complexity index is 1330. The van der Waals surface area contributed by atoms with Gasteiger partial charge in [0.25, 0.3) is 0 Å². The number of benzene rings is 3. The molecule has 0 bridgehead atoms. The van der Waals surface area contributed by atoms with Gasteiger partial charge in [0.05, 0.1) is 0 Å². The van der Waals surface area contributed by atoms with Crippen molar-refractivity contribution in [3.63, 3.8) is 0 Å². The molecule has 1 aliphatic heterocycles. The van der Waals surface area contributed by atoms with E-state index >= 15 is 0 Å². The van der Waals surface area contributed by atoms with Gasteiger partial charge in [0.1, 0.15) is 12.6 Å². The van der Waals surface area contributed by atoms with E-state index in [1.165, 1.54) is 16.7 Å². The van der Waals surface area contributed by atoms with E-state index in [0.717, 1.165) is 55.2 Å². The maximum Gasteiger partial charge on any atom is 0.407 e. The first-order valence-electron chi connectivity index (χ1n) is 15.2. The Kier molecular flexibility index (Phi) is 9.90. The van der Waals surface area contributed by atoms with Crippen molar-refractivity contribution < 1.29 is 24.2 Å². The number of carboxylic acids is 1. The number of unbranched alkanes of at least 4 members (excludes halogenated alkanes) is 2. The first-order valence-corrected chi connectivity index (χ1v) is 15.2. The lowest BCUT2D eigenvalue weighted by molar-refractivity contribution is -0.137. The molecule has 220 valence electrons. The Hall–Kier alpha value is -4.13. The number of carboxylic acid groups (broad SMARTS) is 1. The van der Waals surface area contributed by atoms with E-state index < -0.39 is 18.1 Å². The molecule has 2 amide bonds. The number of aliphatic carboxylic acids is 1. The molecule has 2 aliphatic rings. The number of aryl methyl sites for hydroxylation is 1. The van der Waals surface area contributed by atoms with Crippen LogP contribution in [0.15, 0.2) is 72.8 Å². The van der Waals surface area contributed by atoms with Crippen LogP contribution in [0.3, 0.4) is 0 Å². The van der Waals surface area contributed by atoms with Crippen molar-refractivity contribution in [3.05, 3.63) is 95.1 Å². The summed E-state index contributed by atoms with van der Waals surface area (Å²) in [5.74, 6) is -0.860. The standard InChI is InChI=1S/C35H40N2O5/c38-33(39)16-4-1-3-11-25-17-19-26(20-18-25)23-32(34(40)37-21-9-2-10-22-37)36-35(41)42-24-31-29-14-7-5-12-27(29)28-13-6-8-15-30(28)31/h5-8,12-15,17-20,31-32H,1-4,9-11,16,21-24H2,(H,36,41)(H,38,39). The second kappa shape index (κ2) is 14.2. The van der Waals surface area contributed by atoms with Gasteiger partial charge in [-0.3, -0.25) is 9.59 Å². The summed E-state index contributed by atoms with van der Waals surface area (Å²) < 4.78 is 5.79. The number of amides is 2. The van der Waals surface area contributed by atoms with Crippen LogP contribution in [-0.4, -0.2) is 53.7 Å². The summed E-state index contributed by atoms with van der Waals surface area (Å²) in [6, 6.07) is 23.9. The molecule has 1 unspecified atom stereocenters. The minimum Gasteiger partial charge on any atom is -0.481 e. The molecule has 1 saturated heterocycles. The van der Waals surface area contributed by atoms with Gasteiger partial charge in [0.2, 0.25) is 5.91 Å². The van der Waals surface area contributed by atoms with Crippen LogP contribution in [0.1, 0.15) is 73.1 Å². The van der Waals surface area contributed by atoms with E-state index in [9.17, 15) is 14.4 Å². The van der Waals surface area contributed by atoms with Crippen molar-refractivity contribution in [2.24, 2.45) is 0 Å². The number of rotatable bonds is 12. The number of ether oxygens (including phenoxy) is 1. The van der Waals surface area contributed by atoms with Crippen LogP contribution in [0.2, 0.25) is 0 Å². The molecule has 3 aromatic rings. The maximum absolute atomic E-state index is 13.6. The van der Waals surface area contributed by atoms with Crippen LogP contribution < -0.4 is 5.32 Å². The summed E-state index contributed by atoms with van der Waals surface area (Å²) in [7, 11) is 0. The molecule has 5 rings (SSSR count). The molecule has 7 heteroatoms. The number of piperidine rings is 1. The van der Waals surface area contributed by atoms with Crippen LogP contribution in [0.4, 0.5) is 4.79 Å². The third kappa shape index (κ3) is 7.38. The van der Waals surface area contributed by atoms with Gasteiger partial charge in [0.15, 0.2) is 0 Å². The maximum atomic E-state index is 13.6. The van der Waals surface area contributed by atoms with Gasteiger partial charge in [-0.05, 0) is 71.9 Å². The second-order valence-corrected chi connectivity index (χ2v) is 11.4. The lowest BCUT2D eigenvalue weighted by Crippen LogP contribution is -2.51. The van der Waals surface area contributed by atoms with Crippen LogP contribution in [0.5, 0.6) is 0 Å². The smallest absolute Gasteiger partial charge is 0.407 e. The van der Waals surface area contributed by atoms with Crippen molar-refractivity contribution in [2.45, 2.75) is 69.7 Å². The molecule has 0 radical (unpaired) electrons. The number of nitrogens with one attached hydrogen (secondary N) is 1. The summed E-state index contributed by atoms with van der Waals surface area (Å²) in [5.41, 5.74) is 6.79. The molecule has 1 atom stereocenters. The third-order valence-corrected chi connectivity index (χ3v) is 8.42. The first-order chi connectivity index (χ1) is 20.5. The van der Waals surface area contributed by atoms with Crippen molar-refractivity contribution in [3.8, 4) is 11.1 Å². The molecular formula is C35H40N2O5. The Morgan fingerprint density at radius 3 is 2.07 bits per heavy atom. The fourth-order valence-corrected chi connectivity index (χ4v) is 6.18. The minimum atomic E-state index is -0.750. The van der Waals surface area contributed by atoms with E-state index in [1.807, 2.05) is 41.3 Å². The summed E-state index contributed by atoms with van der Waals surface area (Å²) in [6.07, 6.45) is 6.48.